The smallest absolute Gasteiger partial charge is 0.311 e. The van der Waals surface area contributed by atoms with Crippen LogP contribution >= 0.6 is 0 Å². The number of anilines is 1. The molecule has 4 atom stereocenters. The highest BCUT2D eigenvalue weighted by Crippen LogP contribution is 2.50. The molecule has 1 heterocycles. The standard InChI is InChI=1S/C15H21N3O2/c1-9-3-6-14(18(19)20)15(16-9)17-10(2)13-8-11-4-5-12(13)7-11/h3,6,10-13H,4-5,7-8H2,1-2H3,(H,16,17). The number of aromatic nitrogens is 1. The summed E-state index contributed by atoms with van der Waals surface area (Å²) in [5, 5.41) is 14.4. The van der Waals surface area contributed by atoms with Gasteiger partial charge in [0.25, 0.3) is 0 Å². The first-order chi connectivity index (χ1) is 9.54. The van der Waals surface area contributed by atoms with E-state index in [0.29, 0.717) is 11.7 Å². The van der Waals surface area contributed by atoms with E-state index >= 15 is 0 Å². The number of rotatable bonds is 4. The molecule has 2 aliphatic carbocycles. The molecule has 108 valence electrons. The van der Waals surface area contributed by atoms with Crippen LogP contribution < -0.4 is 5.32 Å². The minimum Gasteiger partial charge on any atom is -0.362 e. The van der Waals surface area contributed by atoms with Crippen molar-refractivity contribution in [3.63, 3.8) is 0 Å². The number of hydrogen-bond acceptors (Lipinski definition) is 4. The minimum atomic E-state index is -0.359. The average molecular weight is 275 g/mol. The molecule has 2 saturated carbocycles. The van der Waals surface area contributed by atoms with Gasteiger partial charge < -0.3 is 5.32 Å². The predicted octanol–water partition coefficient (Wildman–Crippen LogP) is 3.53. The van der Waals surface area contributed by atoms with Gasteiger partial charge in [0.15, 0.2) is 0 Å². The van der Waals surface area contributed by atoms with Crippen molar-refractivity contribution in [2.45, 2.75) is 45.6 Å². The molecule has 0 aliphatic heterocycles. The van der Waals surface area contributed by atoms with Gasteiger partial charge >= 0.3 is 5.69 Å². The molecular weight excluding hydrogens is 254 g/mol. The molecule has 0 aromatic carbocycles. The highest BCUT2D eigenvalue weighted by molar-refractivity contribution is 5.56. The monoisotopic (exact) mass is 275 g/mol. The Hall–Kier alpha value is -1.65. The third kappa shape index (κ3) is 2.37. The van der Waals surface area contributed by atoms with Crippen LogP contribution in [-0.2, 0) is 0 Å². The summed E-state index contributed by atoms with van der Waals surface area (Å²) in [5.74, 6) is 2.74. The molecule has 0 amide bonds. The van der Waals surface area contributed by atoms with Crippen molar-refractivity contribution < 1.29 is 4.92 Å². The van der Waals surface area contributed by atoms with Crippen molar-refractivity contribution in [1.29, 1.82) is 0 Å². The number of pyridine rings is 1. The fourth-order valence-corrected chi connectivity index (χ4v) is 4.03. The van der Waals surface area contributed by atoms with Crippen molar-refractivity contribution in [2.24, 2.45) is 17.8 Å². The Labute approximate surface area is 118 Å². The number of aryl methyl sites for hydroxylation is 1. The molecule has 3 rings (SSSR count). The van der Waals surface area contributed by atoms with E-state index in [9.17, 15) is 10.1 Å². The molecule has 0 radical (unpaired) electrons. The second-order valence-corrected chi connectivity index (χ2v) is 6.35. The number of fused-ring (bicyclic) bond motifs is 2. The van der Waals surface area contributed by atoms with Crippen LogP contribution in [0.4, 0.5) is 11.5 Å². The summed E-state index contributed by atoms with van der Waals surface area (Å²) in [4.78, 5) is 15.0. The van der Waals surface area contributed by atoms with Crippen molar-refractivity contribution >= 4 is 11.5 Å². The topological polar surface area (TPSA) is 68.1 Å². The average Bonchev–Trinajstić information content (AvgIpc) is 3.00. The molecule has 0 spiro atoms. The van der Waals surface area contributed by atoms with E-state index < -0.39 is 0 Å². The lowest BCUT2D eigenvalue weighted by Gasteiger charge is -2.28. The van der Waals surface area contributed by atoms with Gasteiger partial charge in [0.05, 0.1) is 4.92 Å². The van der Waals surface area contributed by atoms with Crippen LogP contribution in [0.1, 0.15) is 38.3 Å². The molecule has 20 heavy (non-hydrogen) atoms. The summed E-state index contributed by atoms with van der Waals surface area (Å²) in [6, 6.07) is 3.47. The van der Waals surface area contributed by atoms with E-state index in [1.54, 1.807) is 6.07 Å². The van der Waals surface area contributed by atoms with Crippen LogP contribution in [0.5, 0.6) is 0 Å². The Morgan fingerprint density at radius 3 is 2.80 bits per heavy atom. The van der Waals surface area contributed by atoms with Crippen LogP contribution in [0.25, 0.3) is 0 Å². The zero-order valence-corrected chi connectivity index (χ0v) is 12.0. The Kier molecular flexibility index (Phi) is 3.36. The van der Waals surface area contributed by atoms with Crippen molar-refractivity contribution in [3.05, 3.63) is 27.9 Å². The maximum Gasteiger partial charge on any atom is 0.311 e. The third-order valence-electron chi connectivity index (χ3n) is 5.01. The summed E-state index contributed by atoms with van der Waals surface area (Å²) >= 11 is 0. The lowest BCUT2D eigenvalue weighted by molar-refractivity contribution is -0.384. The molecule has 5 nitrogen and oxygen atoms in total. The molecule has 1 N–H and O–H groups in total. The van der Waals surface area contributed by atoms with Crippen molar-refractivity contribution in [2.75, 3.05) is 5.32 Å². The van der Waals surface area contributed by atoms with Crippen molar-refractivity contribution in [1.82, 2.24) is 4.98 Å². The molecule has 4 unspecified atom stereocenters. The van der Waals surface area contributed by atoms with E-state index in [1.165, 1.54) is 31.7 Å². The normalized spacial score (nSPS) is 29.4. The molecular formula is C15H21N3O2. The zero-order valence-electron chi connectivity index (χ0n) is 12.0. The van der Waals surface area contributed by atoms with Gasteiger partial charge in [-0.3, -0.25) is 10.1 Å². The van der Waals surface area contributed by atoms with Crippen molar-refractivity contribution in [3.8, 4) is 0 Å². The number of nitrogens with zero attached hydrogens (tertiary/aromatic N) is 2. The van der Waals surface area contributed by atoms with E-state index in [2.05, 4.69) is 17.2 Å². The first-order valence-electron chi connectivity index (χ1n) is 7.43. The summed E-state index contributed by atoms with van der Waals surface area (Å²) < 4.78 is 0. The molecule has 2 aliphatic rings. The summed E-state index contributed by atoms with van der Waals surface area (Å²) in [6.45, 7) is 4.00. The second kappa shape index (κ2) is 5.04. The Morgan fingerprint density at radius 2 is 2.20 bits per heavy atom. The highest BCUT2D eigenvalue weighted by Gasteiger charge is 2.42. The largest absolute Gasteiger partial charge is 0.362 e. The van der Waals surface area contributed by atoms with E-state index in [0.717, 1.165) is 17.5 Å². The Balaban J connectivity index is 1.77. The number of nitro groups is 1. The van der Waals surface area contributed by atoms with Gasteiger partial charge in [0.2, 0.25) is 5.82 Å². The summed E-state index contributed by atoms with van der Waals surface area (Å²) in [5.41, 5.74) is 0.879. The van der Waals surface area contributed by atoms with E-state index in [1.807, 2.05) is 6.92 Å². The van der Waals surface area contributed by atoms with Crippen LogP contribution in [0.15, 0.2) is 12.1 Å². The summed E-state index contributed by atoms with van der Waals surface area (Å²) in [7, 11) is 0. The summed E-state index contributed by atoms with van der Waals surface area (Å²) in [6.07, 6.45) is 5.31. The van der Waals surface area contributed by atoms with Crippen LogP contribution in [-0.4, -0.2) is 15.9 Å². The second-order valence-electron chi connectivity index (χ2n) is 6.35. The van der Waals surface area contributed by atoms with Crippen LogP contribution in [0.3, 0.4) is 0 Å². The molecule has 1 aromatic heterocycles. The van der Waals surface area contributed by atoms with Gasteiger partial charge in [-0.25, -0.2) is 4.98 Å². The van der Waals surface area contributed by atoms with Gasteiger partial charge in [0, 0.05) is 17.8 Å². The fourth-order valence-electron chi connectivity index (χ4n) is 4.03. The fraction of sp³-hybridized carbons (Fsp3) is 0.667. The molecule has 1 aromatic rings. The third-order valence-corrected chi connectivity index (χ3v) is 5.01. The van der Waals surface area contributed by atoms with Gasteiger partial charge in [-0.05, 0) is 56.9 Å². The van der Waals surface area contributed by atoms with Gasteiger partial charge in [-0.1, -0.05) is 6.42 Å². The maximum atomic E-state index is 11.1. The molecule has 2 fully saturated rings. The predicted molar refractivity (Wildman–Crippen MR) is 77.7 cm³/mol. The van der Waals surface area contributed by atoms with E-state index in [4.69, 9.17) is 0 Å². The van der Waals surface area contributed by atoms with E-state index in [-0.39, 0.29) is 16.7 Å². The number of nitrogens with one attached hydrogen (secondary N) is 1. The van der Waals surface area contributed by atoms with Crippen LogP contribution in [0.2, 0.25) is 0 Å². The minimum absolute atomic E-state index is 0.0746. The lowest BCUT2D eigenvalue weighted by Crippen LogP contribution is -2.30. The SMILES string of the molecule is Cc1ccc([N+](=O)[O-])c(NC(C)C2CC3CCC2C3)n1. The zero-order chi connectivity index (χ0) is 14.3. The molecule has 0 saturated heterocycles. The van der Waals surface area contributed by atoms with Gasteiger partial charge in [-0.15, -0.1) is 0 Å². The van der Waals surface area contributed by atoms with Gasteiger partial charge in [0.1, 0.15) is 0 Å². The molecule has 5 heteroatoms. The highest BCUT2D eigenvalue weighted by atomic mass is 16.6. The first kappa shape index (κ1) is 13.3. The Bertz CT molecular complexity index is 532. The number of hydrogen-bond donors (Lipinski definition) is 1. The van der Waals surface area contributed by atoms with Gasteiger partial charge in [-0.2, -0.15) is 0 Å². The maximum absolute atomic E-state index is 11.1. The quantitative estimate of drug-likeness (QED) is 0.674. The lowest BCUT2D eigenvalue weighted by atomic mass is 9.84. The Morgan fingerprint density at radius 1 is 1.40 bits per heavy atom. The van der Waals surface area contributed by atoms with Crippen LogP contribution in [0, 0.1) is 34.8 Å². The first-order valence-corrected chi connectivity index (χ1v) is 7.43. The molecule has 2 bridgehead atoms.